The van der Waals surface area contributed by atoms with Crippen molar-refractivity contribution in [1.82, 2.24) is 0 Å². The molecule has 0 aromatic heterocycles. The molecule has 0 saturated heterocycles. The maximum atomic E-state index is 12.2. The normalized spacial score (nSPS) is 11.9. The first kappa shape index (κ1) is 38.3. The van der Waals surface area contributed by atoms with E-state index in [1.54, 1.807) is 19.1 Å². The molecule has 0 atom stereocenters. The van der Waals surface area contributed by atoms with E-state index >= 15 is 0 Å². The number of aromatic hydroxyl groups is 1. The summed E-state index contributed by atoms with van der Waals surface area (Å²) in [4.78, 5) is -1.18. The van der Waals surface area contributed by atoms with Crippen LogP contribution in [0.5, 0.6) is 11.5 Å². The van der Waals surface area contributed by atoms with E-state index in [0.29, 0.717) is 22.3 Å². The lowest BCUT2D eigenvalue weighted by atomic mass is 10.0. The van der Waals surface area contributed by atoms with Crippen LogP contribution in [0.4, 0.5) is 22.7 Å². The molecule has 0 aliphatic heterocycles. The first-order valence-corrected chi connectivity index (χ1v) is 19.0. The van der Waals surface area contributed by atoms with Gasteiger partial charge in [0.25, 0.3) is 20.2 Å². The van der Waals surface area contributed by atoms with E-state index in [9.17, 15) is 31.0 Å². The number of azo groups is 2. The highest BCUT2D eigenvalue weighted by molar-refractivity contribution is 7.86. The third-order valence-electron chi connectivity index (χ3n) is 7.78. The molecule has 18 heteroatoms. The number of aryl methyl sites for hydroxylation is 1. The Bertz CT molecular complexity index is 2770. The first-order valence-electron chi connectivity index (χ1n) is 15.1. The number of hydrogen-bond donors (Lipinski definition) is 3. The Kier molecular flexibility index (Phi) is 11.4. The predicted molar refractivity (Wildman–Crippen MR) is 194 cm³/mol. The van der Waals surface area contributed by atoms with Crippen molar-refractivity contribution in [3.63, 3.8) is 0 Å². The number of rotatable bonds is 9. The predicted octanol–water partition coefficient (Wildman–Crippen LogP) is 7.93. The quantitative estimate of drug-likeness (QED) is 0.0941. The molecule has 0 heterocycles. The maximum absolute atomic E-state index is 12.2. The van der Waals surface area contributed by atoms with Crippen molar-refractivity contribution in [2.24, 2.45) is 20.5 Å². The minimum atomic E-state index is -4.82. The molecule has 0 aliphatic carbocycles. The number of phenolic OH excluding ortho intramolecular Hbond substituents is 1. The van der Waals surface area contributed by atoms with Crippen LogP contribution in [0.2, 0.25) is 0 Å². The van der Waals surface area contributed by atoms with E-state index in [1.165, 1.54) is 36.9 Å². The lowest BCUT2D eigenvalue weighted by molar-refractivity contribution is 0.416. The van der Waals surface area contributed by atoms with E-state index in [2.05, 4.69) is 32.6 Å². The highest BCUT2D eigenvalue weighted by Crippen LogP contribution is 2.40. The van der Waals surface area contributed by atoms with Crippen LogP contribution in [0.25, 0.3) is 21.5 Å². The zero-order valence-electron chi connectivity index (χ0n) is 27.6. The van der Waals surface area contributed by atoms with Crippen molar-refractivity contribution >= 4 is 75.1 Å². The largest absolute Gasteiger partial charge is 0.505 e. The Morgan fingerprint density at radius 2 is 1.28 bits per heavy atom. The maximum Gasteiger partial charge on any atom is 0.425 e. The van der Waals surface area contributed by atoms with E-state index < -0.39 is 40.6 Å². The molecular weight excluding hydrogens is 749 g/mol. The van der Waals surface area contributed by atoms with Gasteiger partial charge in [0.05, 0.1) is 18.5 Å². The molecule has 15 nitrogen and oxygen atoms in total. The molecule has 0 saturated carbocycles. The van der Waals surface area contributed by atoms with Crippen LogP contribution >= 0.6 is 0 Å². The number of hydrogen-bond acceptors (Lipinski definition) is 13. The second-order valence-corrected chi connectivity index (χ2v) is 14.5. The van der Waals surface area contributed by atoms with Crippen molar-refractivity contribution in [3.05, 3.63) is 120 Å². The van der Waals surface area contributed by atoms with Crippen LogP contribution in [0.1, 0.15) is 16.7 Å². The molecule has 6 rings (SSSR count). The summed E-state index contributed by atoms with van der Waals surface area (Å²) in [6.07, 6.45) is 0.760. The van der Waals surface area contributed by atoms with Crippen molar-refractivity contribution in [2.75, 3.05) is 7.11 Å². The lowest BCUT2D eigenvalue weighted by Crippen LogP contribution is -2.03. The molecule has 0 aliphatic rings. The summed E-state index contributed by atoms with van der Waals surface area (Å²) < 4.78 is 98.6. The summed E-state index contributed by atoms with van der Waals surface area (Å²) in [6, 6.07) is 28.5. The summed E-state index contributed by atoms with van der Waals surface area (Å²) in [7, 11) is -11.3. The van der Waals surface area contributed by atoms with Crippen molar-refractivity contribution in [1.29, 1.82) is 0 Å². The molecular formula is C35H28N4O11S3. The van der Waals surface area contributed by atoms with Crippen LogP contribution in [-0.4, -0.2) is 50.8 Å². The second kappa shape index (κ2) is 15.8. The van der Waals surface area contributed by atoms with Gasteiger partial charge in [0.1, 0.15) is 26.9 Å². The Balaban J connectivity index is 0.00000129. The summed E-state index contributed by atoms with van der Waals surface area (Å²) in [6.45, 7) is 1.72. The Labute approximate surface area is 304 Å². The Morgan fingerprint density at radius 1 is 0.623 bits per heavy atom. The van der Waals surface area contributed by atoms with Gasteiger partial charge < -0.3 is 9.84 Å². The molecule has 6 aromatic carbocycles. The number of benzene rings is 6. The van der Waals surface area contributed by atoms with Gasteiger partial charge in [-0.05, 0) is 65.8 Å². The molecule has 0 fully saturated rings. The minimum absolute atomic E-state index is 0.0228. The van der Waals surface area contributed by atoms with Gasteiger partial charge in [0, 0.05) is 22.2 Å². The number of phenols is 1. The highest BCUT2D eigenvalue weighted by atomic mass is 32.2. The average Bonchev–Trinajstić information content (AvgIpc) is 3.09. The third-order valence-corrected chi connectivity index (χ3v) is 9.59. The monoisotopic (exact) mass is 776 g/mol. The molecule has 0 spiro atoms. The second-order valence-electron chi connectivity index (χ2n) is 11.3. The summed E-state index contributed by atoms with van der Waals surface area (Å²) >= 11 is 0. The van der Waals surface area contributed by atoms with Crippen LogP contribution in [0.15, 0.2) is 133 Å². The standard InChI is InChI=1S/C35H28N4O8S2.O3S/c1-21-15-31(39-37-29-14-12-24-17-23(11-13-26(24)35(29)40)16-22-7-4-3-5-8-22)32(47-2)20-30(21)38-36-25-18-28-27(34(19-25)49(44,45)46)9-6-10-33(28)48(41,42)43;1-4(2)3/h3-15,17-20,40H,16H2,1-2H3,(H,41,42,43)(H,44,45,46);. The van der Waals surface area contributed by atoms with Gasteiger partial charge in [-0.2, -0.15) is 27.1 Å². The van der Waals surface area contributed by atoms with E-state index in [1.807, 2.05) is 42.5 Å². The van der Waals surface area contributed by atoms with Gasteiger partial charge in [0.2, 0.25) is 0 Å². The fourth-order valence-corrected chi connectivity index (χ4v) is 6.83. The summed E-state index contributed by atoms with van der Waals surface area (Å²) in [5, 5.41) is 29.0. The number of ether oxygens (including phenoxy) is 1. The summed E-state index contributed by atoms with van der Waals surface area (Å²) in [5.74, 6) is 0.241. The van der Waals surface area contributed by atoms with Gasteiger partial charge in [-0.3, -0.25) is 9.11 Å². The van der Waals surface area contributed by atoms with E-state index in [-0.39, 0.29) is 33.6 Å². The lowest BCUT2D eigenvalue weighted by Gasteiger charge is -2.10. The van der Waals surface area contributed by atoms with Crippen LogP contribution < -0.4 is 4.74 Å². The van der Waals surface area contributed by atoms with Gasteiger partial charge in [-0.15, -0.1) is 22.9 Å². The van der Waals surface area contributed by atoms with Crippen molar-refractivity contribution < 1.29 is 48.4 Å². The zero-order chi connectivity index (χ0) is 38.5. The number of fused-ring (bicyclic) bond motifs is 2. The fraction of sp³-hybridized carbons (Fsp3) is 0.0857. The van der Waals surface area contributed by atoms with Crippen molar-refractivity contribution in [3.8, 4) is 11.5 Å². The number of methoxy groups -OCH3 is 1. The highest BCUT2D eigenvalue weighted by Gasteiger charge is 2.21. The topological polar surface area (TPSA) is 239 Å². The van der Waals surface area contributed by atoms with E-state index in [0.717, 1.165) is 29.5 Å². The molecule has 0 amide bonds. The molecule has 6 aromatic rings. The summed E-state index contributed by atoms with van der Waals surface area (Å²) in [5.41, 5.74) is 3.62. The molecule has 53 heavy (non-hydrogen) atoms. The SMILES string of the molecule is COc1cc(N=Nc2cc(S(=O)(=O)O)c3cccc(S(=O)(=O)O)c3c2)c(C)cc1N=Nc1ccc2cc(Cc3ccccc3)ccc2c1O.O=S(=O)=O. The fourth-order valence-electron chi connectivity index (χ4n) is 5.41. The molecule has 0 radical (unpaired) electrons. The first-order chi connectivity index (χ1) is 25.0. The van der Waals surface area contributed by atoms with Gasteiger partial charge in [-0.1, -0.05) is 66.7 Å². The van der Waals surface area contributed by atoms with Gasteiger partial charge >= 0.3 is 10.6 Å². The minimum Gasteiger partial charge on any atom is -0.505 e. The van der Waals surface area contributed by atoms with Gasteiger partial charge in [-0.25, -0.2) is 0 Å². The van der Waals surface area contributed by atoms with Crippen LogP contribution in [-0.2, 0) is 37.3 Å². The molecule has 0 unspecified atom stereocenters. The van der Waals surface area contributed by atoms with Crippen LogP contribution in [0, 0.1) is 6.92 Å². The third kappa shape index (κ3) is 9.31. The van der Waals surface area contributed by atoms with Gasteiger partial charge in [0.15, 0.2) is 5.75 Å². The molecule has 272 valence electrons. The Hall–Kier alpha value is -5.92. The zero-order valence-corrected chi connectivity index (χ0v) is 30.1. The molecule has 0 bridgehead atoms. The Morgan fingerprint density at radius 3 is 1.94 bits per heavy atom. The smallest absolute Gasteiger partial charge is 0.425 e. The number of nitrogens with zero attached hydrogens (tertiary/aromatic N) is 4. The van der Waals surface area contributed by atoms with E-state index in [4.69, 9.17) is 17.4 Å². The average molecular weight is 777 g/mol. The van der Waals surface area contributed by atoms with Crippen LogP contribution in [0.3, 0.4) is 0 Å². The molecule has 3 N–H and O–H groups in total. The van der Waals surface area contributed by atoms with Crippen molar-refractivity contribution in [2.45, 2.75) is 23.1 Å².